The number of aliphatic hydroxyl groups is 1. The van der Waals surface area contributed by atoms with Crippen LogP contribution in [-0.2, 0) is 16.0 Å². The van der Waals surface area contributed by atoms with Gasteiger partial charge in [-0.3, -0.25) is 9.59 Å². The first kappa shape index (κ1) is 21.2. The van der Waals surface area contributed by atoms with Gasteiger partial charge >= 0.3 is 0 Å². The Labute approximate surface area is 186 Å². The maximum Gasteiger partial charge on any atom is 0.295 e. The summed E-state index contributed by atoms with van der Waals surface area (Å²) < 4.78 is 5.18. The number of aliphatic hydroxyl groups excluding tert-OH is 1. The Morgan fingerprint density at radius 1 is 0.938 bits per heavy atom. The van der Waals surface area contributed by atoms with Crippen molar-refractivity contribution in [1.29, 1.82) is 0 Å². The lowest BCUT2D eigenvalue weighted by Gasteiger charge is -2.25. The second-order valence-corrected chi connectivity index (χ2v) is 7.55. The first-order chi connectivity index (χ1) is 15.5. The zero-order valence-corrected chi connectivity index (χ0v) is 17.6. The van der Waals surface area contributed by atoms with Crippen molar-refractivity contribution in [2.24, 2.45) is 0 Å². The van der Waals surface area contributed by atoms with Crippen LogP contribution in [0.15, 0.2) is 84.4 Å². The van der Waals surface area contributed by atoms with E-state index in [1.165, 1.54) is 17.0 Å². The van der Waals surface area contributed by atoms with Crippen LogP contribution in [0.2, 0.25) is 0 Å². The van der Waals surface area contributed by atoms with Crippen molar-refractivity contribution in [3.05, 3.63) is 101 Å². The van der Waals surface area contributed by atoms with E-state index in [0.717, 1.165) is 11.3 Å². The molecule has 4 rings (SSSR count). The van der Waals surface area contributed by atoms with E-state index >= 15 is 0 Å². The summed E-state index contributed by atoms with van der Waals surface area (Å²) >= 11 is 0. The lowest BCUT2D eigenvalue weighted by molar-refractivity contribution is -0.139. The van der Waals surface area contributed by atoms with Crippen molar-refractivity contribution in [3.63, 3.8) is 0 Å². The Hall–Kier alpha value is -4.06. The molecule has 1 fully saturated rings. The molecule has 1 saturated heterocycles. The van der Waals surface area contributed by atoms with E-state index in [0.29, 0.717) is 17.5 Å². The molecule has 0 aromatic heterocycles. The number of benzene rings is 3. The number of carbonyl (C=O) groups excluding carboxylic acids is 2. The predicted molar refractivity (Wildman–Crippen MR) is 120 cm³/mol. The fraction of sp³-hybridized carbons (Fsp3) is 0.154. The van der Waals surface area contributed by atoms with Gasteiger partial charge in [-0.25, -0.2) is 0 Å². The molecule has 162 valence electrons. The average molecular weight is 429 g/mol. The minimum absolute atomic E-state index is 0.0432. The van der Waals surface area contributed by atoms with Gasteiger partial charge in [0.25, 0.3) is 11.7 Å². The number of phenolic OH excluding ortho intramolecular Hbond substituents is 1. The molecule has 0 spiro atoms. The molecule has 2 N–H and O–H groups in total. The number of aromatic hydroxyl groups is 1. The summed E-state index contributed by atoms with van der Waals surface area (Å²) in [7, 11) is 1.60. The van der Waals surface area contributed by atoms with Crippen LogP contribution < -0.4 is 4.74 Å². The summed E-state index contributed by atoms with van der Waals surface area (Å²) in [5.41, 5.74) is 2.13. The maximum absolute atomic E-state index is 13.0. The summed E-state index contributed by atoms with van der Waals surface area (Å²) in [6, 6.07) is 21.8. The van der Waals surface area contributed by atoms with Gasteiger partial charge in [0, 0.05) is 12.1 Å². The molecule has 6 heteroatoms. The van der Waals surface area contributed by atoms with Crippen LogP contribution in [0, 0.1) is 0 Å². The van der Waals surface area contributed by atoms with E-state index in [4.69, 9.17) is 4.74 Å². The first-order valence-corrected chi connectivity index (χ1v) is 10.3. The molecular weight excluding hydrogens is 406 g/mol. The minimum Gasteiger partial charge on any atom is -0.508 e. The van der Waals surface area contributed by atoms with Gasteiger partial charge in [0.1, 0.15) is 17.3 Å². The number of phenols is 1. The third-order valence-electron chi connectivity index (χ3n) is 5.60. The zero-order chi connectivity index (χ0) is 22.7. The van der Waals surface area contributed by atoms with Gasteiger partial charge in [0.15, 0.2) is 0 Å². The van der Waals surface area contributed by atoms with Gasteiger partial charge in [0.05, 0.1) is 18.7 Å². The number of hydrogen-bond donors (Lipinski definition) is 2. The molecule has 0 aliphatic carbocycles. The maximum atomic E-state index is 13.0. The fourth-order valence-corrected chi connectivity index (χ4v) is 3.91. The van der Waals surface area contributed by atoms with E-state index in [2.05, 4.69) is 0 Å². The Balaban J connectivity index is 1.73. The molecular formula is C26H23NO5. The summed E-state index contributed by atoms with van der Waals surface area (Å²) in [5, 5.41) is 20.7. The van der Waals surface area contributed by atoms with Gasteiger partial charge in [-0.1, -0.05) is 54.6 Å². The predicted octanol–water partition coefficient (Wildman–Crippen LogP) is 4.07. The van der Waals surface area contributed by atoms with Crippen LogP contribution >= 0.6 is 0 Å². The van der Waals surface area contributed by atoms with E-state index in [1.54, 1.807) is 43.5 Å². The van der Waals surface area contributed by atoms with Gasteiger partial charge in [-0.05, 0) is 41.8 Å². The largest absolute Gasteiger partial charge is 0.508 e. The molecule has 1 amide bonds. The zero-order valence-electron chi connectivity index (χ0n) is 17.6. The molecule has 1 atom stereocenters. The van der Waals surface area contributed by atoms with Gasteiger partial charge in [0.2, 0.25) is 0 Å². The SMILES string of the molecule is COc1ccc(CCN2C(=O)C(=O)/C(=C(\O)c3ccccc3)C2c2ccc(O)cc2)cc1. The third-order valence-corrected chi connectivity index (χ3v) is 5.60. The molecule has 1 heterocycles. The van der Waals surface area contributed by atoms with Gasteiger partial charge in [-0.2, -0.15) is 0 Å². The number of Topliss-reactive ketones (excluding diaryl/α,β-unsaturated/α-hetero) is 1. The molecule has 0 saturated carbocycles. The lowest BCUT2D eigenvalue weighted by atomic mass is 9.95. The topological polar surface area (TPSA) is 87.1 Å². The van der Waals surface area contributed by atoms with E-state index in [9.17, 15) is 19.8 Å². The summed E-state index contributed by atoms with van der Waals surface area (Å²) in [6.07, 6.45) is 0.525. The number of rotatable bonds is 6. The van der Waals surface area contributed by atoms with Crippen molar-refractivity contribution >= 4 is 17.4 Å². The van der Waals surface area contributed by atoms with Crippen LogP contribution in [-0.4, -0.2) is 40.5 Å². The number of ether oxygens (including phenoxy) is 1. The normalized spacial score (nSPS) is 17.5. The van der Waals surface area contributed by atoms with Crippen molar-refractivity contribution < 1.29 is 24.5 Å². The Morgan fingerprint density at radius 2 is 1.59 bits per heavy atom. The van der Waals surface area contributed by atoms with Crippen molar-refractivity contribution in [2.75, 3.05) is 13.7 Å². The molecule has 1 unspecified atom stereocenters. The molecule has 1 aliphatic heterocycles. The minimum atomic E-state index is -0.756. The number of nitrogens with zero attached hydrogens (tertiary/aromatic N) is 1. The van der Waals surface area contributed by atoms with E-state index < -0.39 is 17.7 Å². The smallest absolute Gasteiger partial charge is 0.295 e. The first-order valence-electron chi connectivity index (χ1n) is 10.3. The Morgan fingerprint density at radius 3 is 2.22 bits per heavy atom. The molecule has 6 nitrogen and oxygen atoms in total. The van der Waals surface area contributed by atoms with Gasteiger partial charge in [-0.15, -0.1) is 0 Å². The quantitative estimate of drug-likeness (QED) is 0.351. The average Bonchev–Trinajstić information content (AvgIpc) is 3.08. The highest BCUT2D eigenvalue weighted by Gasteiger charge is 2.45. The van der Waals surface area contributed by atoms with Crippen LogP contribution in [0.1, 0.15) is 22.7 Å². The molecule has 0 radical (unpaired) electrons. The van der Waals surface area contributed by atoms with Crippen molar-refractivity contribution in [1.82, 2.24) is 4.90 Å². The number of ketones is 1. The number of amides is 1. The highest BCUT2D eigenvalue weighted by Crippen LogP contribution is 2.39. The molecule has 1 aliphatic rings. The number of carbonyl (C=O) groups is 2. The fourth-order valence-electron chi connectivity index (χ4n) is 3.91. The molecule has 32 heavy (non-hydrogen) atoms. The third kappa shape index (κ3) is 4.07. The van der Waals surface area contributed by atoms with Crippen molar-refractivity contribution in [3.8, 4) is 11.5 Å². The van der Waals surface area contributed by atoms with Crippen LogP contribution in [0.4, 0.5) is 0 Å². The lowest BCUT2D eigenvalue weighted by Crippen LogP contribution is -2.31. The number of methoxy groups -OCH3 is 1. The monoisotopic (exact) mass is 429 g/mol. The Kier molecular flexibility index (Phi) is 5.94. The Bertz CT molecular complexity index is 1150. The second kappa shape index (κ2) is 8.98. The van der Waals surface area contributed by atoms with Gasteiger partial charge < -0.3 is 19.8 Å². The summed E-state index contributed by atoms with van der Waals surface area (Å²) in [6.45, 7) is 0.286. The van der Waals surface area contributed by atoms with Crippen LogP contribution in [0.25, 0.3) is 5.76 Å². The highest BCUT2D eigenvalue weighted by atomic mass is 16.5. The molecule has 3 aromatic rings. The summed E-state index contributed by atoms with van der Waals surface area (Å²) in [5.74, 6) is -0.782. The van der Waals surface area contributed by atoms with Crippen LogP contribution in [0.5, 0.6) is 11.5 Å². The highest BCUT2D eigenvalue weighted by molar-refractivity contribution is 6.46. The van der Waals surface area contributed by atoms with Crippen molar-refractivity contribution in [2.45, 2.75) is 12.5 Å². The standard InChI is InChI=1S/C26H23NO5/c1-32-21-13-7-17(8-14-21)15-16-27-23(18-9-11-20(28)12-10-18)22(25(30)26(27)31)24(29)19-5-3-2-4-6-19/h2-14,23,28-29H,15-16H2,1H3/b24-22-. The van der Waals surface area contributed by atoms with E-state index in [-0.39, 0.29) is 23.6 Å². The summed E-state index contributed by atoms with van der Waals surface area (Å²) in [4.78, 5) is 27.5. The second-order valence-electron chi connectivity index (χ2n) is 7.55. The van der Waals surface area contributed by atoms with Crippen LogP contribution in [0.3, 0.4) is 0 Å². The van der Waals surface area contributed by atoms with E-state index in [1.807, 2.05) is 30.3 Å². The number of hydrogen-bond acceptors (Lipinski definition) is 5. The molecule has 0 bridgehead atoms. The number of likely N-dealkylation sites (tertiary alicyclic amines) is 1. The molecule has 3 aromatic carbocycles.